The molecule has 0 aromatic heterocycles. The largest absolute Gasteiger partial charge is 0.498 e. The number of allylic oxidation sites excluding steroid dienone is 2. The lowest BCUT2D eigenvalue weighted by Crippen LogP contribution is -2.11. The van der Waals surface area contributed by atoms with Crippen molar-refractivity contribution in [3.05, 3.63) is 11.3 Å². The van der Waals surface area contributed by atoms with Crippen molar-refractivity contribution >= 4 is 6.29 Å². The third-order valence-electron chi connectivity index (χ3n) is 2.47. The fourth-order valence-corrected chi connectivity index (χ4v) is 1.54. The molecule has 2 nitrogen and oxygen atoms in total. The van der Waals surface area contributed by atoms with Crippen LogP contribution in [0.15, 0.2) is 11.3 Å². The van der Waals surface area contributed by atoms with E-state index in [4.69, 9.17) is 4.74 Å². The summed E-state index contributed by atoms with van der Waals surface area (Å²) in [5.74, 6) is 0.932. The minimum atomic E-state index is 0.307. The first-order valence-corrected chi connectivity index (χ1v) is 5.33. The lowest BCUT2D eigenvalue weighted by atomic mass is 9.89. The Morgan fingerprint density at radius 1 is 1.43 bits per heavy atom. The van der Waals surface area contributed by atoms with E-state index in [0.717, 1.165) is 49.9 Å². The number of carbonyl (C=O) groups is 1. The van der Waals surface area contributed by atoms with E-state index in [1.807, 2.05) is 0 Å². The minimum absolute atomic E-state index is 0.307. The van der Waals surface area contributed by atoms with E-state index < -0.39 is 0 Å². The summed E-state index contributed by atoms with van der Waals surface area (Å²) >= 11 is 0. The monoisotopic (exact) mass is 196 g/mol. The molecule has 0 radical (unpaired) electrons. The maximum absolute atomic E-state index is 10.8. The SMILES string of the molecule is CC(C)(C)CCC1=C(C=O)CCCO1. The summed E-state index contributed by atoms with van der Waals surface area (Å²) < 4.78 is 5.53. The lowest BCUT2D eigenvalue weighted by Gasteiger charge is -2.22. The number of carbonyl (C=O) groups excluding carboxylic acids is 1. The van der Waals surface area contributed by atoms with Gasteiger partial charge >= 0.3 is 0 Å². The van der Waals surface area contributed by atoms with E-state index in [0.29, 0.717) is 5.41 Å². The van der Waals surface area contributed by atoms with Gasteiger partial charge in [0.15, 0.2) is 0 Å². The van der Waals surface area contributed by atoms with Crippen molar-refractivity contribution in [2.24, 2.45) is 5.41 Å². The molecule has 1 aliphatic rings. The molecule has 0 aliphatic carbocycles. The van der Waals surface area contributed by atoms with Crippen molar-refractivity contribution in [3.8, 4) is 0 Å². The zero-order valence-corrected chi connectivity index (χ0v) is 9.43. The van der Waals surface area contributed by atoms with Crippen molar-refractivity contribution in [1.29, 1.82) is 0 Å². The third kappa shape index (κ3) is 3.52. The van der Waals surface area contributed by atoms with Gasteiger partial charge in [-0.05, 0) is 24.7 Å². The summed E-state index contributed by atoms with van der Waals surface area (Å²) in [6, 6.07) is 0. The highest BCUT2D eigenvalue weighted by atomic mass is 16.5. The van der Waals surface area contributed by atoms with Crippen LogP contribution in [0.5, 0.6) is 0 Å². The molecule has 0 saturated carbocycles. The van der Waals surface area contributed by atoms with Gasteiger partial charge in [0.2, 0.25) is 0 Å². The third-order valence-corrected chi connectivity index (χ3v) is 2.47. The van der Waals surface area contributed by atoms with Crippen LogP contribution in [0.1, 0.15) is 46.5 Å². The number of hydrogen-bond acceptors (Lipinski definition) is 2. The van der Waals surface area contributed by atoms with Gasteiger partial charge in [0.05, 0.1) is 6.61 Å². The van der Waals surface area contributed by atoms with Crippen LogP contribution in [0.3, 0.4) is 0 Å². The highest BCUT2D eigenvalue weighted by molar-refractivity contribution is 5.74. The van der Waals surface area contributed by atoms with Crippen LogP contribution >= 0.6 is 0 Å². The van der Waals surface area contributed by atoms with Gasteiger partial charge in [-0.3, -0.25) is 4.79 Å². The van der Waals surface area contributed by atoms with Crippen molar-refractivity contribution in [3.63, 3.8) is 0 Å². The molecule has 0 aromatic rings. The van der Waals surface area contributed by atoms with Crippen LogP contribution < -0.4 is 0 Å². The molecule has 0 saturated heterocycles. The first-order valence-electron chi connectivity index (χ1n) is 5.33. The molecule has 0 spiro atoms. The van der Waals surface area contributed by atoms with Crippen LogP contribution in [-0.4, -0.2) is 12.9 Å². The smallest absolute Gasteiger partial charge is 0.149 e. The second-order valence-electron chi connectivity index (χ2n) is 5.08. The predicted octanol–water partition coefficient (Wildman–Crippen LogP) is 3.08. The minimum Gasteiger partial charge on any atom is -0.498 e. The Bertz CT molecular complexity index is 233. The molecule has 0 aromatic carbocycles. The zero-order chi connectivity index (χ0) is 10.6. The Kier molecular flexibility index (Phi) is 3.73. The molecule has 1 heterocycles. The maximum Gasteiger partial charge on any atom is 0.149 e. The van der Waals surface area contributed by atoms with Crippen molar-refractivity contribution in [1.82, 2.24) is 0 Å². The number of ether oxygens (including phenoxy) is 1. The number of hydrogen-bond donors (Lipinski definition) is 0. The first-order chi connectivity index (χ1) is 6.53. The molecular weight excluding hydrogens is 176 g/mol. The topological polar surface area (TPSA) is 26.3 Å². The first kappa shape index (κ1) is 11.3. The van der Waals surface area contributed by atoms with E-state index in [9.17, 15) is 4.79 Å². The molecule has 80 valence electrons. The average molecular weight is 196 g/mol. The quantitative estimate of drug-likeness (QED) is 0.648. The molecule has 1 aliphatic heterocycles. The van der Waals surface area contributed by atoms with Gasteiger partial charge in [-0.2, -0.15) is 0 Å². The fourth-order valence-electron chi connectivity index (χ4n) is 1.54. The summed E-state index contributed by atoms with van der Waals surface area (Å²) in [6.07, 6.45) is 4.80. The predicted molar refractivity (Wildman–Crippen MR) is 57.0 cm³/mol. The van der Waals surface area contributed by atoms with Crippen LogP contribution in [0.25, 0.3) is 0 Å². The molecule has 1 rings (SSSR count). The molecule has 0 unspecified atom stereocenters. The Morgan fingerprint density at radius 2 is 2.14 bits per heavy atom. The van der Waals surface area contributed by atoms with E-state index in [2.05, 4.69) is 20.8 Å². The van der Waals surface area contributed by atoms with Crippen LogP contribution in [0.2, 0.25) is 0 Å². The molecule has 0 bridgehead atoms. The maximum atomic E-state index is 10.8. The normalized spacial score (nSPS) is 17.9. The highest BCUT2D eigenvalue weighted by Crippen LogP contribution is 2.27. The fraction of sp³-hybridized carbons (Fsp3) is 0.750. The van der Waals surface area contributed by atoms with Gasteiger partial charge in [0, 0.05) is 12.0 Å². The van der Waals surface area contributed by atoms with Crippen LogP contribution in [0, 0.1) is 5.41 Å². The molecule has 0 N–H and O–H groups in total. The van der Waals surface area contributed by atoms with E-state index in [1.165, 1.54) is 0 Å². The van der Waals surface area contributed by atoms with Crippen molar-refractivity contribution in [2.45, 2.75) is 46.5 Å². The van der Waals surface area contributed by atoms with Crippen LogP contribution in [0.4, 0.5) is 0 Å². The molecule has 2 heteroatoms. The Labute approximate surface area is 86.3 Å². The Morgan fingerprint density at radius 3 is 2.71 bits per heavy atom. The average Bonchev–Trinajstić information content (AvgIpc) is 2.14. The number of aldehydes is 1. The molecular formula is C12H20O2. The zero-order valence-electron chi connectivity index (χ0n) is 9.43. The standard InChI is InChI=1S/C12H20O2/c1-12(2,3)7-6-11-10(9-13)5-4-8-14-11/h9H,4-8H2,1-3H3. The Balaban J connectivity index is 2.56. The van der Waals surface area contributed by atoms with Crippen LogP contribution in [-0.2, 0) is 9.53 Å². The van der Waals surface area contributed by atoms with Gasteiger partial charge in [-0.25, -0.2) is 0 Å². The highest BCUT2D eigenvalue weighted by Gasteiger charge is 2.17. The molecule has 14 heavy (non-hydrogen) atoms. The van der Waals surface area contributed by atoms with E-state index in [1.54, 1.807) is 0 Å². The molecule has 0 atom stereocenters. The van der Waals surface area contributed by atoms with Gasteiger partial charge < -0.3 is 4.74 Å². The van der Waals surface area contributed by atoms with Gasteiger partial charge in [-0.15, -0.1) is 0 Å². The summed E-state index contributed by atoms with van der Waals surface area (Å²) in [7, 11) is 0. The lowest BCUT2D eigenvalue weighted by molar-refractivity contribution is -0.105. The summed E-state index contributed by atoms with van der Waals surface area (Å²) in [4.78, 5) is 10.8. The van der Waals surface area contributed by atoms with Crippen molar-refractivity contribution < 1.29 is 9.53 Å². The van der Waals surface area contributed by atoms with Gasteiger partial charge in [0.25, 0.3) is 0 Å². The van der Waals surface area contributed by atoms with E-state index in [-0.39, 0.29) is 0 Å². The molecule has 0 amide bonds. The summed E-state index contributed by atoms with van der Waals surface area (Å²) in [5.41, 5.74) is 1.18. The number of rotatable bonds is 3. The second kappa shape index (κ2) is 4.63. The molecule has 0 fully saturated rings. The summed E-state index contributed by atoms with van der Waals surface area (Å²) in [6.45, 7) is 7.39. The second-order valence-corrected chi connectivity index (χ2v) is 5.08. The van der Waals surface area contributed by atoms with E-state index >= 15 is 0 Å². The Hall–Kier alpha value is -0.790. The van der Waals surface area contributed by atoms with Gasteiger partial charge in [0.1, 0.15) is 12.0 Å². The summed E-state index contributed by atoms with van der Waals surface area (Å²) in [5, 5.41) is 0. The van der Waals surface area contributed by atoms with Crippen molar-refractivity contribution in [2.75, 3.05) is 6.61 Å². The van der Waals surface area contributed by atoms with Gasteiger partial charge in [-0.1, -0.05) is 20.8 Å².